The summed E-state index contributed by atoms with van der Waals surface area (Å²) in [5, 5.41) is 11.6. The van der Waals surface area contributed by atoms with E-state index in [1.54, 1.807) is 0 Å². The number of carboxylic acids is 1. The Morgan fingerprint density at radius 1 is 0.933 bits per heavy atom. The Hall–Kier alpha value is -2.38. The van der Waals surface area contributed by atoms with Crippen LogP contribution >= 0.6 is 0 Å². The highest BCUT2D eigenvalue weighted by molar-refractivity contribution is 5.86. The summed E-state index contributed by atoms with van der Waals surface area (Å²) < 4.78 is 13.1. The zero-order valence-corrected chi connectivity index (χ0v) is 17.9. The highest BCUT2D eigenvalue weighted by Gasteiger charge is 2.32. The highest BCUT2D eigenvalue weighted by atomic mass is 16.6. The SMILES string of the molecule is CC1OC(=O)C(C)OC1=O.O=C([O-])c1n(C2CCCCC2)cc[n+]1C1CCCCC1. The number of cyclic esters (lactones) is 2. The summed E-state index contributed by atoms with van der Waals surface area (Å²) in [5.41, 5.74) is 0. The predicted octanol–water partition coefficient (Wildman–Crippen LogP) is 2.01. The largest absolute Gasteiger partial charge is 0.538 e. The first-order valence-electron chi connectivity index (χ1n) is 11.1. The molecule has 8 heteroatoms. The van der Waals surface area contributed by atoms with Crippen molar-refractivity contribution in [3.63, 3.8) is 0 Å². The van der Waals surface area contributed by atoms with Crippen molar-refractivity contribution in [2.75, 3.05) is 0 Å². The Morgan fingerprint density at radius 3 is 1.93 bits per heavy atom. The Bertz CT molecular complexity index is 706. The van der Waals surface area contributed by atoms with Gasteiger partial charge in [-0.15, -0.1) is 0 Å². The van der Waals surface area contributed by atoms with Crippen LogP contribution in [0.15, 0.2) is 12.4 Å². The third kappa shape index (κ3) is 5.21. The topological polar surface area (TPSA) is 102 Å². The van der Waals surface area contributed by atoms with Crippen molar-refractivity contribution in [3.05, 3.63) is 18.2 Å². The maximum Gasteiger partial charge on any atom is 0.347 e. The van der Waals surface area contributed by atoms with Crippen LogP contribution in [-0.4, -0.2) is 34.7 Å². The summed E-state index contributed by atoms with van der Waals surface area (Å²) in [7, 11) is 0. The second-order valence-corrected chi connectivity index (χ2v) is 8.47. The molecule has 0 amide bonds. The van der Waals surface area contributed by atoms with Gasteiger partial charge >= 0.3 is 17.8 Å². The van der Waals surface area contributed by atoms with Crippen molar-refractivity contribution in [2.45, 2.75) is 102 Å². The van der Waals surface area contributed by atoms with Gasteiger partial charge in [0.15, 0.2) is 18.2 Å². The van der Waals surface area contributed by atoms with E-state index in [-0.39, 0.29) is 0 Å². The predicted molar refractivity (Wildman–Crippen MR) is 104 cm³/mol. The Balaban J connectivity index is 0.000000216. The number of carbonyl (C=O) groups is 3. The van der Waals surface area contributed by atoms with E-state index in [1.807, 2.05) is 21.5 Å². The number of esters is 2. The molecule has 8 nitrogen and oxygen atoms in total. The molecule has 2 atom stereocenters. The monoisotopic (exact) mass is 420 g/mol. The fourth-order valence-electron chi connectivity index (χ4n) is 4.57. The molecule has 0 bridgehead atoms. The zero-order chi connectivity index (χ0) is 21.7. The standard InChI is InChI=1S/C16H24N2O2.C6H8O4/c19-16(20)15-17(13-7-3-1-4-8-13)11-12-18(15)14-9-5-2-6-10-14;1-3-5(7)10-4(2)6(8)9-3/h11-14H,1-10H2;3-4H,1-2H3. The number of aromatic nitrogens is 2. The van der Waals surface area contributed by atoms with Gasteiger partial charge in [-0.25, -0.2) is 18.7 Å². The molecule has 0 aromatic carbocycles. The molecule has 4 rings (SSSR count). The van der Waals surface area contributed by atoms with Gasteiger partial charge in [0.05, 0.1) is 0 Å². The summed E-state index contributed by atoms with van der Waals surface area (Å²) in [6.07, 6.45) is 14.2. The van der Waals surface area contributed by atoms with E-state index in [0.717, 1.165) is 25.7 Å². The van der Waals surface area contributed by atoms with Crippen LogP contribution in [0, 0.1) is 0 Å². The van der Waals surface area contributed by atoms with Gasteiger partial charge in [-0.2, -0.15) is 0 Å². The Labute approximate surface area is 177 Å². The number of nitrogens with zero attached hydrogens (tertiary/aromatic N) is 2. The smallest absolute Gasteiger partial charge is 0.347 e. The molecule has 0 radical (unpaired) electrons. The van der Waals surface area contributed by atoms with Gasteiger partial charge in [-0.3, -0.25) is 0 Å². The van der Waals surface area contributed by atoms with Crippen molar-refractivity contribution >= 4 is 17.9 Å². The lowest BCUT2D eigenvalue weighted by atomic mass is 9.95. The highest BCUT2D eigenvalue weighted by Crippen LogP contribution is 2.30. The van der Waals surface area contributed by atoms with Crippen LogP contribution in [0.1, 0.15) is 101 Å². The average Bonchev–Trinajstić information content (AvgIpc) is 3.20. The minimum atomic E-state index is -1.02. The second kappa shape index (κ2) is 10.1. The van der Waals surface area contributed by atoms with Gasteiger partial charge in [-0.05, 0) is 65.2 Å². The van der Waals surface area contributed by atoms with E-state index in [1.165, 1.54) is 52.4 Å². The van der Waals surface area contributed by atoms with Gasteiger partial charge < -0.3 is 19.4 Å². The molecule has 0 spiro atoms. The number of hydrogen-bond donors (Lipinski definition) is 0. The molecule has 1 aromatic heterocycles. The number of rotatable bonds is 3. The molecule has 3 aliphatic rings. The van der Waals surface area contributed by atoms with Crippen molar-refractivity contribution < 1.29 is 33.5 Å². The molecule has 3 fully saturated rings. The maximum absolute atomic E-state index is 11.6. The van der Waals surface area contributed by atoms with E-state index < -0.39 is 30.1 Å². The molecule has 2 unspecified atom stereocenters. The summed E-state index contributed by atoms with van der Waals surface area (Å²) in [6.45, 7) is 2.96. The third-order valence-corrected chi connectivity index (χ3v) is 6.25. The summed E-state index contributed by atoms with van der Waals surface area (Å²) in [4.78, 5) is 32.9. The van der Waals surface area contributed by atoms with E-state index >= 15 is 0 Å². The molecule has 2 saturated carbocycles. The van der Waals surface area contributed by atoms with Gasteiger partial charge in [0.2, 0.25) is 0 Å². The molecular formula is C22H32N2O6. The summed E-state index contributed by atoms with van der Waals surface area (Å²) in [6, 6.07) is 0.697. The normalized spacial score (nSPS) is 25.7. The van der Waals surface area contributed by atoms with Crippen LogP contribution in [0.4, 0.5) is 0 Å². The van der Waals surface area contributed by atoms with Crippen LogP contribution in [0.5, 0.6) is 0 Å². The molecule has 1 aromatic rings. The second-order valence-electron chi connectivity index (χ2n) is 8.47. The molecule has 166 valence electrons. The molecular weight excluding hydrogens is 388 g/mol. The van der Waals surface area contributed by atoms with Crippen LogP contribution in [0.25, 0.3) is 0 Å². The van der Waals surface area contributed by atoms with Crippen molar-refractivity contribution in [1.82, 2.24) is 4.57 Å². The molecule has 30 heavy (non-hydrogen) atoms. The third-order valence-electron chi connectivity index (χ3n) is 6.25. The molecule has 0 N–H and O–H groups in total. The number of hydrogen-bond acceptors (Lipinski definition) is 6. The van der Waals surface area contributed by atoms with Crippen LogP contribution in [-0.2, 0) is 19.1 Å². The molecule has 2 heterocycles. The first kappa shape index (κ1) is 22.3. The van der Waals surface area contributed by atoms with Crippen LogP contribution < -0.4 is 9.67 Å². The minimum Gasteiger partial charge on any atom is -0.538 e. The van der Waals surface area contributed by atoms with Crippen molar-refractivity contribution in [3.8, 4) is 0 Å². The lowest BCUT2D eigenvalue weighted by Crippen LogP contribution is -2.48. The number of carboxylic acid groups (broad SMARTS) is 1. The minimum absolute atomic E-state index is 0.349. The quantitative estimate of drug-likeness (QED) is 0.548. The number of imidazole rings is 1. The van der Waals surface area contributed by atoms with E-state index in [9.17, 15) is 19.5 Å². The summed E-state index contributed by atoms with van der Waals surface area (Å²) in [5.74, 6) is -1.59. The Morgan fingerprint density at radius 2 is 1.43 bits per heavy atom. The zero-order valence-electron chi connectivity index (χ0n) is 17.9. The van der Waals surface area contributed by atoms with Gasteiger partial charge in [0, 0.05) is 0 Å². The number of ether oxygens (including phenoxy) is 2. The van der Waals surface area contributed by atoms with Crippen molar-refractivity contribution in [1.29, 1.82) is 0 Å². The average molecular weight is 421 g/mol. The molecule has 2 aliphatic carbocycles. The van der Waals surface area contributed by atoms with Gasteiger partial charge in [0.25, 0.3) is 0 Å². The first-order valence-corrected chi connectivity index (χ1v) is 11.1. The number of carbonyl (C=O) groups excluding carboxylic acids is 3. The van der Waals surface area contributed by atoms with Gasteiger partial charge in [0.1, 0.15) is 24.5 Å². The summed E-state index contributed by atoms with van der Waals surface area (Å²) >= 11 is 0. The van der Waals surface area contributed by atoms with Gasteiger partial charge in [-0.1, -0.05) is 12.8 Å². The number of aromatic carboxylic acids is 1. The lowest BCUT2D eigenvalue weighted by Gasteiger charge is -2.23. The van der Waals surface area contributed by atoms with E-state index in [2.05, 4.69) is 9.47 Å². The van der Waals surface area contributed by atoms with E-state index in [4.69, 9.17) is 0 Å². The van der Waals surface area contributed by atoms with Crippen molar-refractivity contribution in [2.24, 2.45) is 0 Å². The maximum atomic E-state index is 11.6. The van der Waals surface area contributed by atoms with Crippen LogP contribution in [0.3, 0.4) is 0 Å². The van der Waals surface area contributed by atoms with Crippen LogP contribution in [0.2, 0.25) is 0 Å². The lowest BCUT2D eigenvalue weighted by molar-refractivity contribution is -0.729. The fraction of sp³-hybridized carbons (Fsp3) is 0.727. The molecule has 1 aliphatic heterocycles. The molecule has 1 saturated heterocycles. The van der Waals surface area contributed by atoms with E-state index in [0.29, 0.717) is 17.9 Å². The Kier molecular flexibility index (Phi) is 7.50. The first-order chi connectivity index (χ1) is 14.4. The fourth-order valence-corrected chi connectivity index (χ4v) is 4.57.